The first kappa shape index (κ1) is 15.0. The van der Waals surface area contributed by atoms with Crippen LogP contribution in [0.15, 0.2) is 24.3 Å². The highest BCUT2D eigenvalue weighted by atomic mass is 16.4. The van der Waals surface area contributed by atoms with Crippen molar-refractivity contribution in [3.8, 4) is 0 Å². The monoisotopic (exact) mass is 264 g/mol. The molecule has 0 aliphatic heterocycles. The number of aryl methyl sites for hydroxylation is 1. The molecular weight excluding hydrogens is 244 g/mol. The van der Waals surface area contributed by atoms with Gasteiger partial charge in [0.05, 0.1) is 0 Å². The Kier molecular flexibility index (Phi) is 5.36. The van der Waals surface area contributed by atoms with Crippen molar-refractivity contribution in [2.75, 3.05) is 11.9 Å². The lowest BCUT2D eigenvalue weighted by molar-refractivity contribution is -0.137. The zero-order chi connectivity index (χ0) is 14.4. The lowest BCUT2D eigenvalue weighted by Gasteiger charge is -2.25. The third kappa shape index (κ3) is 4.28. The van der Waals surface area contributed by atoms with Crippen LogP contribution in [0.4, 0.5) is 10.5 Å². The first-order chi connectivity index (χ1) is 8.95. The number of carboxylic acids is 1. The maximum atomic E-state index is 12.1. The summed E-state index contributed by atoms with van der Waals surface area (Å²) in [5, 5.41) is 11.6. The number of carboxylic acid groups (broad SMARTS) is 1. The number of aliphatic carboxylic acids is 1. The topological polar surface area (TPSA) is 69.6 Å². The number of hydrogen-bond acceptors (Lipinski definition) is 2. The summed E-state index contributed by atoms with van der Waals surface area (Å²) in [6.07, 6.45) is 0.803. The first-order valence-electron chi connectivity index (χ1n) is 6.33. The molecule has 0 spiro atoms. The highest BCUT2D eigenvalue weighted by Gasteiger charge is 2.20. The van der Waals surface area contributed by atoms with E-state index in [1.807, 2.05) is 31.2 Å². The van der Waals surface area contributed by atoms with Gasteiger partial charge in [0, 0.05) is 11.7 Å². The van der Waals surface area contributed by atoms with E-state index < -0.39 is 12.0 Å². The van der Waals surface area contributed by atoms with E-state index in [1.165, 1.54) is 4.90 Å². The Labute approximate surface area is 113 Å². The van der Waals surface area contributed by atoms with E-state index in [4.69, 9.17) is 5.11 Å². The van der Waals surface area contributed by atoms with Gasteiger partial charge in [-0.3, -0.25) is 4.79 Å². The molecule has 0 radical (unpaired) electrons. The minimum Gasteiger partial charge on any atom is -0.480 e. The van der Waals surface area contributed by atoms with Crippen LogP contribution in [-0.2, 0) is 11.2 Å². The number of nitrogens with zero attached hydrogens (tertiary/aromatic N) is 1. The van der Waals surface area contributed by atoms with E-state index in [9.17, 15) is 9.59 Å². The largest absolute Gasteiger partial charge is 0.480 e. The quantitative estimate of drug-likeness (QED) is 0.858. The van der Waals surface area contributed by atoms with E-state index in [0.717, 1.165) is 17.7 Å². The average Bonchev–Trinajstić information content (AvgIpc) is 2.36. The number of anilines is 1. The average molecular weight is 264 g/mol. The molecule has 0 aliphatic carbocycles. The molecule has 0 saturated heterocycles. The maximum absolute atomic E-state index is 12.1. The molecule has 2 amide bonds. The van der Waals surface area contributed by atoms with Crippen molar-refractivity contribution in [1.29, 1.82) is 0 Å². The number of benzene rings is 1. The highest BCUT2D eigenvalue weighted by Crippen LogP contribution is 2.16. The summed E-state index contributed by atoms with van der Waals surface area (Å²) in [6, 6.07) is 6.93. The van der Waals surface area contributed by atoms with Crippen molar-refractivity contribution < 1.29 is 14.7 Å². The number of carbonyl (C=O) groups is 2. The number of hydrogen-bond donors (Lipinski definition) is 2. The number of para-hydroxylation sites is 1. The lowest BCUT2D eigenvalue weighted by Crippen LogP contribution is -2.43. The Morgan fingerprint density at radius 2 is 1.95 bits per heavy atom. The van der Waals surface area contributed by atoms with Crippen molar-refractivity contribution >= 4 is 17.7 Å². The van der Waals surface area contributed by atoms with Crippen LogP contribution in [0.25, 0.3) is 0 Å². The summed E-state index contributed by atoms with van der Waals surface area (Å²) in [4.78, 5) is 24.2. The molecule has 0 aromatic heterocycles. The molecule has 1 aromatic rings. The van der Waals surface area contributed by atoms with Crippen molar-refractivity contribution in [2.24, 2.45) is 0 Å². The van der Waals surface area contributed by atoms with E-state index in [-0.39, 0.29) is 12.6 Å². The van der Waals surface area contributed by atoms with Crippen LogP contribution in [0.2, 0.25) is 0 Å². The van der Waals surface area contributed by atoms with Gasteiger partial charge in [-0.2, -0.15) is 0 Å². The van der Waals surface area contributed by atoms with E-state index in [1.54, 1.807) is 13.8 Å². The van der Waals surface area contributed by atoms with Crippen LogP contribution in [0, 0.1) is 0 Å². The fourth-order valence-corrected chi connectivity index (χ4v) is 1.77. The lowest BCUT2D eigenvalue weighted by atomic mass is 10.1. The van der Waals surface area contributed by atoms with E-state index >= 15 is 0 Å². The molecule has 0 fully saturated rings. The molecule has 1 rings (SSSR count). The minimum atomic E-state index is -1.02. The number of amides is 2. The smallest absolute Gasteiger partial charge is 0.323 e. The Morgan fingerprint density at radius 1 is 1.32 bits per heavy atom. The van der Waals surface area contributed by atoms with Gasteiger partial charge in [0.2, 0.25) is 0 Å². The van der Waals surface area contributed by atoms with Crippen LogP contribution in [-0.4, -0.2) is 34.6 Å². The van der Waals surface area contributed by atoms with Crippen molar-refractivity contribution in [2.45, 2.75) is 33.2 Å². The molecule has 2 N–H and O–H groups in total. The van der Waals surface area contributed by atoms with Crippen molar-refractivity contribution in [3.63, 3.8) is 0 Å². The van der Waals surface area contributed by atoms with Gasteiger partial charge in [0.1, 0.15) is 6.54 Å². The summed E-state index contributed by atoms with van der Waals surface area (Å²) < 4.78 is 0. The van der Waals surface area contributed by atoms with Crippen molar-refractivity contribution in [1.82, 2.24) is 4.90 Å². The molecule has 0 bridgehead atoms. The predicted octanol–water partition coefficient (Wildman–Crippen LogP) is 2.58. The molecule has 0 heterocycles. The highest BCUT2D eigenvalue weighted by molar-refractivity contribution is 5.92. The predicted molar refractivity (Wildman–Crippen MR) is 74.3 cm³/mol. The second-order valence-corrected chi connectivity index (χ2v) is 4.56. The van der Waals surface area contributed by atoms with Gasteiger partial charge in [0.15, 0.2) is 0 Å². The van der Waals surface area contributed by atoms with Gasteiger partial charge in [-0.25, -0.2) is 4.79 Å². The molecule has 5 nitrogen and oxygen atoms in total. The summed E-state index contributed by atoms with van der Waals surface area (Å²) in [5.41, 5.74) is 1.75. The van der Waals surface area contributed by atoms with Gasteiger partial charge in [0.25, 0.3) is 0 Å². The number of rotatable bonds is 5. The summed E-state index contributed by atoms with van der Waals surface area (Å²) in [6.45, 7) is 5.27. The van der Waals surface area contributed by atoms with E-state index in [2.05, 4.69) is 5.32 Å². The molecule has 104 valence electrons. The summed E-state index contributed by atoms with van der Waals surface area (Å²) in [5.74, 6) is -1.02. The van der Waals surface area contributed by atoms with Gasteiger partial charge in [-0.15, -0.1) is 0 Å². The summed E-state index contributed by atoms with van der Waals surface area (Å²) >= 11 is 0. The van der Waals surface area contributed by atoms with Gasteiger partial charge < -0.3 is 15.3 Å². The van der Waals surface area contributed by atoms with Crippen molar-refractivity contribution in [3.05, 3.63) is 29.8 Å². The van der Waals surface area contributed by atoms with Gasteiger partial charge in [-0.1, -0.05) is 25.1 Å². The fourth-order valence-electron chi connectivity index (χ4n) is 1.77. The van der Waals surface area contributed by atoms with Crippen LogP contribution in [0.5, 0.6) is 0 Å². The first-order valence-corrected chi connectivity index (χ1v) is 6.33. The van der Waals surface area contributed by atoms with Crippen LogP contribution < -0.4 is 5.32 Å². The molecule has 5 heteroatoms. The molecule has 0 atom stereocenters. The second-order valence-electron chi connectivity index (χ2n) is 4.56. The third-order valence-electron chi connectivity index (χ3n) is 2.83. The number of urea groups is 1. The number of carbonyl (C=O) groups excluding carboxylic acids is 1. The van der Waals surface area contributed by atoms with E-state index in [0.29, 0.717) is 0 Å². The van der Waals surface area contributed by atoms with Crippen LogP contribution in [0.1, 0.15) is 26.3 Å². The Bertz CT molecular complexity index is 458. The summed E-state index contributed by atoms with van der Waals surface area (Å²) in [7, 11) is 0. The normalized spacial score (nSPS) is 10.3. The fraction of sp³-hybridized carbons (Fsp3) is 0.429. The SMILES string of the molecule is CCc1ccccc1NC(=O)N(CC(=O)O)C(C)C. The van der Waals surface area contributed by atoms with Gasteiger partial charge >= 0.3 is 12.0 Å². The molecule has 19 heavy (non-hydrogen) atoms. The number of nitrogens with one attached hydrogen (secondary N) is 1. The Hall–Kier alpha value is -2.04. The zero-order valence-electron chi connectivity index (χ0n) is 11.5. The maximum Gasteiger partial charge on any atom is 0.323 e. The Balaban J connectivity index is 2.84. The zero-order valence-corrected chi connectivity index (χ0v) is 11.5. The standard InChI is InChI=1S/C14H20N2O3/c1-4-11-7-5-6-8-12(11)15-14(19)16(10(2)3)9-13(17)18/h5-8,10H,4,9H2,1-3H3,(H,15,19)(H,17,18). The minimum absolute atomic E-state index is 0.176. The van der Waals surface area contributed by atoms with Crippen LogP contribution in [0.3, 0.4) is 0 Å². The molecular formula is C14H20N2O3. The Morgan fingerprint density at radius 3 is 2.47 bits per heavy atom. The third-order valence-corrected chi connectivity index (χ3v) is 2.83. The molecule has 1 aromatic carbocycles. The van der Waals surface area contributed by atoms with Gasteiger partial charge in [-0.05, 0) is 31.9 Å². The molecule has 0 saturated carbocycles. The molecule has 0 unspecified atom stereocenters. The second kappa shape index (κ2) is 6.78. The van der Waals surface area contributed by atoms with Crippen LogP contribution >= 0.6 is 0 Å². The molecule has 0 aliphatic rings.